The third kappa shape index (κ3) is 2.52. The van der Waals surface area contributed by atoms with Crippen LogP contribution in [0.15, 0.2) is 45.8 Å². The Hall–Kier alpha value is -3.15. The summed E-state index contributed by atoms with van der Waals surface area (Å²) in [4.78, 5) is 12.9. The third-order valence-corrected chi connectivity index (χ3v) is 3.74. The monoisotopic (exact) mass is 328 g/mol. The van der Waals surface area contributed by atoms with E-state index in [1.807, 2.05) is 0 Å². The van der Waals surface area contributed by atoms with Crippen molar-refractivity contribution in [2.45, 2.75) is 0 Å². The van der Waals surface area contributed by atoms with Gasteiger partial charge in [-0.3, -0.25) is 4.79 Å². The van der Waals surface area contributed by atoms with Crippen LogP contribution in [0.2, 0.25) is 0 Å². The number of aromatic hydroxyl groups is 1. The van der Waals surface area contributed by atoms with Crippen LogP contribution in [0.1, 0.15) is 0 Å². The molecule has 0 aliphatic rings. The van der Waals surface area contributed by atoms with Crippen molar-refractivity contribution in [2.75, 3.05) is 21.3 Å². The van der Waals surface area contributed by atoms with Crippen molar-refractivity contribution >= 4 is 11.0 Å². The van der Waals surface area contributed by atoms with Gasteiger partial charge in [0.05, 0.1) is 26.9 Å². The van der Waals surface area contributed by atoms with Gasteiger partial charge in [0, 0.05) is 12.1 Å². The van der Waals surface area contributed by atoms with Crippen LogP contribution in [0.25, 0.3) is 22.1 Å². The summed E-state index contributed by atoms with van der Waals surface area (Å²) in [6.07, 6.45) is 1.35. The molecule has 3 rings (SSSR count). The summed E-state index contributed by atoms with van der Waals surface area (Å²) < 4.78 is 21.2. The van der Waals surface area contributed by atoms with Crippen LogP contribution in [0.4, 0.5) is 0 Å². The number of rotatable bonds is 4. The van der Waals surface area contributed by atoms with Gasteiger partial charge in [0.25, 0.3) is 0 Å². The van der Waals surface area contributed by atoms with Crippen LogP contribution in [0.3, 0.4) is 0 Å². The number of hydrogen-bond acceptors (Lipinski definition) is 6. The Morgan fingerprint density at radius 3 is 2.29 bits per heavy atom. The van der Waals surface area contributed by atoms with Crippen molar-refractivity contribution in [1.82, 2.24) is 0 Å². The molecule has 6 heteroatoms. The molecule has 6 nitrogen and oxygen atoms in total. The van der Waals surface area contributed by atoms with Crippen molar-refractivity contribution < 1.29 is 23.7 Å². The summed E-state index contributed by atoms with van der Waals surface area (Å²) in [7, 11) is 4.49. The standard InChI is InChI=1S/C18H16O6/c1-21-13-5-4-10(6-14(13)22-2)12-9-24-16-8-11(19)7-15(23-3)17(16)18(12)20/h4-9,19H,1-3H3. The van der Waals surface area contributed by atoms with Gasteiger partial charge in [-0.25, -0.2) is 0 Å². The highest BCUT2D eigenvalue weighted by Crippen LogP contribution is 2.34. The molecule has 3 aromatic rings. The van der Waals surface area contributed by atoms with Crippen LogP contribution in [0.5, 0.6) is 23.0 Å². The Labute approximate surface area is 137 Å². The van der Waals surface area contributed by atoms with Crippen LogP contribution >= 0.6 is 0 Å². The molecule has 0 bridgehead atoms. The maximum absolute atomic E-state index is 12.9. The number of phenols is 1. The lowest BCUT2D eigenvalue weighted by Crippen LogP contribution is -2.06. The largest absolute Gasteiger partial charge is 0.508 e. The number of fused-ring (bicyclic) bond motifs is 1. The lowest BCUT2D eigenvalue weighted by molar-refractivity contribution is 0.355. The quantitative estimate of drug-likeness (QED) is 0.792. The molecule has 0 aliphatic carbocycles. The smallest absolute Gasteiger partial charge is 0.204 e. The molecule has 0 fully saturated rings. The van der Waals surface area contributed by atoms with Gasteiger partial charge < -0.3 is 23.7 Å². The van der Waals surface area contributed by atoms with E-state index in [9.17, 15) is 9.90 Å². The Bertz CT molecular complexity index is 958. The summed E-state index contributed by atoms with van der Waals surface area (Å²) in [5.41, 5.74) is 0.965. The highest BCUT2D eigenvalue weighted by Gasteiger charge is 2.16. The van der Waals surface area contributed by atoms with Gasteiger partial charge in [0.1, 0.15) is 28.7 Å². The van der Waals surface area contributed by atoms with Gasteiger partial charge in [-0.15, -0.1) is 0 Å². The van der Waals surface area contributed by atoms with Gasteiger partial charge in [0.15, 0.2) is 11.5 Å². The molecular weight excluding hydrogens is 312 g/mol. The Kier molecular flexibility index (Phi) is 4.04. The number of phenolic OH excluding ortho intramolecular Hbond substituents is 1. The average molecular weight is 328 g/mol. The predicted octanol–water partition coefficient (Wildman–Crippen LogP) is 3.19. The van der Waals surface area contributed by atoms with Gasteiger partial charge in [-0.1, -0.05) is 6.07 Å². The number of hydrogen-bond donors (Lipinski definition) is 1. The van der Waals surface area contributed by atoms with E-state index in [-0.39, 0.29) is 27.9 Å². The maximum Gasteiger partial charge on any atom is 0.204 e. The summed E-state index contributed by atoms with van der Waals surface area (Å²) in [5, 5.41) is 9.94. The Morgan fingerprint density at radius 1 is 0.917 bits per heavy atom. The molecule has 1 N–H and O–H groups in total. The first-order valence-electron chi connectivity index (χ1n) is 7.14. The number of benzene rings is 2. The van der Waals surface area contributed by atoms with E-state index in [4.69, 9.17) is 18.6 Å². The van der Waals surface area contributed by atoms with E-state index < -0.39 is 0 Å². The van der Waals surface area contributed by atoms with E-state index in [1.165, 1.54) is 32.6 Å². The zero-order valence-electron chi connectivity index (χ0n) is 13.5. The van der Waals surface area contributed by atoms with Gasteiger partial charge >= 0.3 is 0 Å². The van der Waals surface area contributed by atoms with Crippen LogP contribution < -0.4 is 19.6 Å². The first kappa shape index (κ1) is 15.7. The van der Waals surface area contributed by atoms with Gasteiger partial charge in [-0.05, 0) is 17.7 Å². The normalized spacial score (nSPS) is 10.6. The van der Waals surface area contributed by atoms with E-state index in [0.29, 0.717) is 22.6 Å². The number of ether oxygens (including phenoxy) is 3. The van der Waals surface area contributed by atoms with Crippen molar-refractivity contribution in [2.24, 2.45) is 0 Å². The van der Waals surface area contributed by atoms with Crippen molar-refractivity contribution in [3.05, 3.63) is 46.8 Å². The highest BCUT2D eigenvalue weighted by molar-refractivity contribution is 5.88. The molecule has 124 valence electrons. The molecule has 1 aromatic heterocycles. The number of methoxy groups -OCH3 is 3. The molecule has 0 unspecified atom stereocenters. The molecule has 0 radical (unpaired) electrons. The molecule has 1 heterocycles. The first-order chi connectivity index (χ1) is 11.6. The lowest BCUT2D eigenvalue weighted by atomic mass is 10.0. The minimum atomic E-state index is -0.264. The van der Waals surface area contributed by atoms with Crippen molar-refractivity contribution in [3.8, 4) is 34.1 Å². The van der Waals surface area contributed by atoms with E-state index in [2.05, 4.69) is 0 Å². The van der Waals surface area contributed by atoms with Crippen LogP contribution in [-0.2, 0) is 0 Å². The third-order valence-electron chi connectivity index (χ3n) is 3.74. The average Bonchev–Trinajstić information content (AvgIpc) is 2.60. The molecule has 0 amide bonds. The minimum Gasteiger partial charge on any atom is -0.508 e. The fourth-order valence-corrected chi connectivity index (χ4v) is 2.57. The second-order valence-electron chi connectivity index (χ2n) is 5.07. The zero-order chi connectivity index (χ0) is 17.3. The fraction of sp³-hybridized carbons (Fsp3) is 0.167. The van der Waals surface area contributed by atoms with E-state index in [0.717, 1.165) is 0 Å². The minimum absolute atomic E-state index is 0.0404. The SMILES string of the molecule is COc1ccc(-c2coc3cc(O)cc(OC)c3c2=O)cc1OC. The molecular formula is C18H16O6. The van der Waals surface area contributed by atoms with Crippen LogP contribution in [0, 0.1) is 0 Å². The van der Waals surface area contributed by atoms with Gasteiger partial charge in [-0.2, -0.15) is 0 Å². The summed E-state index contributed by atoms with van der Waals surface area (Å²) >= 11 is 0. The van der Waals surface area contributed by atoms with E-state index in [1.54, 1.807) is 25.3 Å². The van der Waals surface area contributed by atoms with Crippen molar-refractivity contribution in [1.29, 1.82) is 0 Å². The first-order valence-corrected chi connectivity index (χ1v) is 7.14. The molecule has 0 saturated carbocycles. The molecule has 0 atom stereocenters. The fourth-order valence-electron chi connectivity index (χ4n) is 2.57. The summed E-state index contributed by atoms with van der Waals surface area (Å²) in [5.74, 6) is 1.28. The lowest BCUT2D eigenvalue weighted by Gasteiger charge is -2.10. The Balaban J connectivity index is 2.26. The predicted molar refractivity (Wildman–Crippen MR) is 89.2 cm³/mol. The maximum atomic E-state index is 12.9. The summed E-state index contributed by atoms with van der Waals surface area (Å²) in [6, 6.07) is 7.90. The molecule has 0 saturated heterocycles. The Morgan fingerprint density at radius 2 is 1.62 bits per heavy atom. The molecule has 2 aromatic carbocycles. The topological polar surface area (TPSA) is 78.1 Å². The van der Waals surface area contributed by atoms with E-state index >= 15 is 0 Å². The van der Waals surface area contributed by atoms with Crippen molar-refractivity contribution in [3.63, 3.8) is 0 Å². The second-order valence-corrected chi connectivity index (χ2v) is 5.07. The molecule has 0 aliphatic heterocycles. The summed E-state index contributed by atoms with van der Waals surface area (Å²) in [6.45, 7) is 0. The highest BCUT2D eigenvalue weighted by atomic mass is 16.5. The second kappa shape index (κ2) is 6.16. The van der Waals surface area contributed by atoms with Gasteiger partial charge in [0.2, 0.25) is 5.43 Å². The van der Waals surface area contributed by atoms with Crippen LogP contribution in [-0.4, -0.2) is 26.4 Å². The molecule has 0 spiro atoms. The molecule has 24 heavy (non-hydrogen) atoms. The zero-order valence-corrected chi connectivity index (χ0v) is 13.5.